The number of hydrogen-bond acceptors (Lipinski definition) is 3. The summed E-state index contributed by atoms with van der Waals surface area (Å²) in [6, 6.07) is 15.5. The normalized spacial score (nSPS) is 14.0. The van der Waals surface area contributed by atoms with E-state index in [1.54, 1.807) is 28.0 Å². The van der Waals surface area contributed by atoms with E-state index in [0.29, 0.717) is 56.0 Å². The van der Waals surface area contributed by atoms with Crippen molar-refractivity contribution in [3.63, 3.8) is 0 Å². The molecule has 32 heavy (non-hydrogen) atoms. The molecule has 0 aliphatic carbocycles. The summed E-state index contributed by atoms with van der Waals surface area (Å²) in [5.41, 5.74) is 2.66. The van der Waals surface area contributed by atoms with Gasteiger partial charge in [-0.1, -0.05) is 18.2 Å². The lowest BCUT2D eigenvalue weighted by molar-refractivity contribution is 0.0643. The van der Waals surface area contributed by atoms with Crippen LogP contribution in [0.5, 0.6) is 0 Å². The van der Waals surface area contributed by atoms with Crippen LogP contribution in [0.2, 0.25) is 0 Å². The number of carbonyl (C=O) groups is 2. The lowest BCUT2D eigenvalue weighted by Crippen LogP contribution is -2.54. The first-order valence-electron chi connectivity index (χ1n) is 11.0. The highest BCUT2D eigenvalue weighted by Gasteiger charge is 2.28. The standard InChI is InChI=1S/C25H27FN4O2/c1-3-28(4-2)25(32)30-15-13-29(14-16-30)24(31)21-17-23(18-9-11-19(26)12-10-18)27-22-8-6-5-7-20(21)22/h5-12,17H,3-4,13-16H2,1-2H3. The molecule has 4 rings (SSSR count). The number of pyridine rings is 1. The maximum absolute atomic E-state index is 13.5. The number of carbonyl (C=O) groups excluding carboxylic acids is 2. The Morgan fingerprint density at radius 1 is 0.938 bits per heavy atom. The molecule has 1 aliphatic heterocycles. The highest BCUT2D eigenvalue weighted by Crippen LogP contribution is 2.26. The van der Waals surface area contributed by atoms with E-state index in [1.807, 2.05) is 43.0 Å². The van der Waals surface area contributed by atoms with E-state index in [0.717, 1.165) is 10.9 Å². The monoisotopic (exact) mass is 434 g/mol. The van der Waals surface area contributed by atoms with Crippen LogP contribution in [-0.4, -0.2) is 70.9 Å². The van der Waals surface area contributed by atoms with Crippen LogP contribution in [0.4, 0.5) is 9.18 Å². The molecule has 2 aromatic carbocycles. The smallest absolute Gasteiger partial charge is 0.320 e. The lowest BCUT2D eigenvalue weighted by atomic mass is 10.0. The number of para-hydroxylation sites is 1. The largest absolute Gasteiger partial charge is 0.335 e. The zero-order valence-electron chi connectivity index (χ0n) is 18.4. The topological polar surface area (TPSA) is 56.8 Å². The number of piperazine rings is 1. The first-order valence-corrected chi connectivity index (χ1v) is 11.0. The Morgan fingerprint density at radius 3 is 2.22 bits per heavy atom. The van der Waals surface area contributed by atoms with Crippen molar-refractivity contribution < 1.29 is 14.0 Å². The van der Waals surface area contributed by atoms with E-state index >= 15 is 0 Å². The number of rotatable bonds is 4. The molecule has 6 nitrogen and oxygen atoms in total. The van der Waals surface area contributed by atoms with E-state index in [2.05, 4.69) is 4.98 Å². The van der Waals surface area contributed by atoms with Crippen LogP contribution in [0.3, 0.4) is 0 Å². The predicted molar refractivity (Wildman–Crippen MR) is 123 cm³/mol. The Bertz CT molecular complexity index is 1120. The van der Waals surface area contributed by atoms with Gasteiger partial charge in [0.05, 0.1) is 16.8 Å². The third-order valence-corrected chi connectivity index (χ3v) is 5.96. The molecule has 1 saturated heterocycles. The Morgan fingerprint density at radius 2 is 1.56 bits per heavy atom. The molecule has 0 N–H and O–H groups in total. The second kappa shape index (κ2) is 9.34. The molecule has 0 radical (unpaired) electrons. The SMILES string of the molecule is CCN(CC)C(=O)N1CCN(C(=O)c2cc(-c3ccc(F)cc3)nc3ccccc23)CC1. The summed E-state index contributed by atoms with van der Waals surface area (Å²) in [4.78, 5) is 36.2. The molecule has 3 amide bonds. The van der Waals surface area contributed by atoms with Crippen molar-refractivity contribution in [3.8, 4) is 11.3 Å². The van der Waals surface area contributed by atoms with Gasteiger partial charge in [-0.05, 0) is 50.2 Å². The lowest BCUT2D eigenvalue weighted by Gasteiger charge is -2.37. The fourth-order valence-electron chi connectivity index (χ4n) is 4.09. The molecule has 7 heteroatoms. The molecule has 0 spiro atoms. The van der Waals surface area contributed by atoms with E-state index in [-0.39, 0.29) is 17.8 Å². The molecule has 1 aromatic heterocycles. The third kappa shape index (κ3) is 4.28. The van der Waals surface area contributed by atoms with Gasteiger partial charge in [-0.3, -0.25) is 4.79 Å². The summed E-state index contributed by atoms with van der Waals surface area (Å²) in [5, 5.41) is 0.782. The molecule has 1 fully saturated rings. The summed E-state index contributed by atoms with van der Waals surface area (Å²) >= 11 is 0. The van der Waals surface area contributed by atoms with Crippen LogP contribution in [0.15, 0.2) is 54.6 Å². The van der Waals surface area contributed by atoms with Crippen molar-refractivity contribution in [2.45, 2.75) is 13.8 Å². The Labute approximate surface area is 187 Å². The van der Waals surface area contributed by atoms with E-state index in [1.165, 1.54) is 12.1 Å². The van der Waals surface area contributed by atoms with Gasteiger partial charge in [0.2, 0.25) is 0 Å². The van der Waals surface area contributed by atoms with Crippen molar-refractivity contribution in [2.75, 3.05) is 39.3 Å². The van der Waals surface area contributed by atoms with Gasteiger partial charge in [0.1, 0.15) is 5.82 Å². The minimum absolute atomic E-state index is 0.0232. The van der Waals surface area contributed by atoms with Gasteiger partial charge < -0.3 is 14.7 Å². The van der Waals surface area contributed by atoms with Gasteiger partial charge in [0, 0.05) is 50.2 Å². The average Bonchev–Trinajstić information content (AvgIpc) is 2.84. The fourth-order valence-corrected chi connectivity index (χ4v) is 4.09. The first-order chi connectivity index (χ1) is 15.5. The van der Waals surface area contributed by atoms with Crippen molar-refractivity contribution in [1.29, 1.82) is 0 Å². The highest BCUT2D eigenvalue weighted by molar-refractivity contribution is 6.07. The number of halogens is 1. The average molecular weight is 435 g/mol. The number of hydrogen-bond donors (Lipinski definition) is 0. The minimum atomic E-state index is -0.317. The van der Waals surface area contributed by atoms with Crippen LogP contribution in [0, 0.1) is 5.82 Å². The number of fused-ring (bicyclic) bond motifs is 1. The van der Waals surface area contributed by atoms with E-state index in [4.69, 9.17) is 0 Å². The maximum Gasteiger partial charge on any atom is 0.320 e. The summed E-state index contributed by atoms with van der Waals surface area (Å²) in [7, 11) is 0. The van der Waals surface area contributed by atoms with Gasteiger partial charge in [0.25, 0.3) is 5.91 Å². The van der Waals surface area contributed by atoms with Crippen molar-refractivity contribution in [1.82, 2.24) is 19.7 Å². The second-order valence-corrected chi connectivity index (χ2v) is 7.81. The Balaban J connectivity index is 1.60. The second-order valence-electron chi connectivity index (χ2n) is 7.81. The zero-order valence-corrected chi connectivity index (χ0v) is 18.4. The summed E-state index contributed by atoms with van der Waals surface area (Å²) in [5.74, 6) is -0.398. The summed E-state index contributed by atoms with van der Waals surface area (Å²) < 4.78 is 13.4. The fraction of sp³-hybridized carbons (Fsp3) is 0.320. The van der Waals surface area contributed by atoms with Crippen molar-refractivity contribution in [3.05, 3.63) is 66.0 Å². The van der Waals surface area contributed by atoms with Gasteiger partial charge in [-0.2, -0.15) is 0 Å². The van der Waals surface area contributed by atoms with Crippen LogP contribution in [-0.2, 0) is 0 Å². The molecule has 0 unspecified atom stereocenters. The molecule has 1 aliphatic rings. The van der Waals surface area contributed by atoms with Crippen LogP contribution >= 0.6 is 0 Å². The van der Waals surface area contributed by atoms with Gasteiger partial charge in [-0.15, -0.1) is 0 Å². The van der Waals surface area contributed by atoms with Crippen LogP contribution < -0.4 is 0 Å². The number of benzene rings is 2. The van der Waals surface area contributed by atoms with E-state index < -0.39 is 0 Å². The van der Waals surface area contributed by atoms with Crippen molar-refractivity contribution >= 4 is 22.8 Å². The summed E-state index contributed by atoms with van der Waals surface area (Å²) in [6.45, 7) is 7.25. The molecular weight excluding hydrogens is 407 g/mol. The molecule has 0 bridgehead atoms. The van der Waals surface area contributed by atoms with Crippen LogP contribution in [0.25, 0.3) is 22.2 Å². The third-order valence-electron chi connectivity index (χ3n) is 5.96. The number of nitrogens with zero attached hydrogens (tertiary/aromatic N) is 4. The minimum Gasteiger partial charge on any atom is -0.335 e. The number of amides is 3. The van der Waals surface area contributed by atoms with Gasteiger partial charge in [-0.25, -0.2) is 14.2 Å². The Hall–Kier alpha value is -3.48. The molecule has 0 atom stereocenters. The predicted octanol–water partition coefficient (Wildman–Crippen LogP) is 4.26. The number of aromatic nitrogens is 1. The quantitative estimate of drug-likeness (QED) is 0.617. The molecule has 2 heterocycles. The van der Waals surface area contributed by atoms with Gasteiger partial charge >= 0.3 is 6.03 Å². The number of urea groups is 1. The summed E-state index contributed by atoms with van der Waals surface area (Å²) in [6.07, 6.45) is 0. The van der Waals surface area contributed by atoms with E-state index in [9.17, 15) is 14.0 Å². The molecule has 0 saturated carbocycles. The molecular formula is C25H27FN4O2. The highest BCUT2D eigenvalue weighted by atomic mass is 19.1. The Kier molecular flexibility index (Phi) is 6.35. The zero-order chi connectivity index (χ0) is 22.7. The first kappa shape index (κ1) is 21.7. The van der Waals surface area contributed by atoms with Gasteiger partial charge in [0.15, 0.2) is 0 Å². The molecule has 166 valence electrons. The molecule has 3 aromatic rings. The maximum atomic E-state index is 13.5. The van der Waals surface area contributed by atoms with Crippen LogP contribution in [0.1, 0.15) is 24.2 Å². The van der Waals surface area contributed by atoms with Crippen molar-refractivity contribution in [2.24, 2.45) is 0 Å².